The molecule has 96 valence electrons. The van der Waals surface area contributed by atoms with E-state index in [2.05, 4.69) is 15.4 Å². The van der Waals surface area contributed by atoms with Crippen LogP contribution in [0.4, 0.5) is 10.3 Å². The first-order chi connectivity index (χ1) is 9.22. The van der Waals surface area contributed by atoms with Crippen molar-refractivity contribution in [2.75, 3.05) is 5.32 Å². The van der Waals surface area contributed by atoms with Crippen LogP contribution in [-0.4, -0.2) is 14.6 Å². The Balaban J connectivity index is 1.76. The minimum Gasteiger partial charge on any atom is -0.349 e. The molecule has 3 rings (SSSR count). The summed E-state index contributed by atoms with van der Waals surface area (Å²) in [4.78, 5) is 4.30. The lowest BCUT2D eigenvalue weighted by atomic mass is 10.2. The fourth-order valence-corrected chi connectivity index (χ4v) is 1.94. The maximum atomic E-state index is 13.0. The third-order valence-electron chi connectivity index (χ3n) is 2.68. The topological polar surface area (TPSA) is 42.2 Å². The first-order valence-corrected chi connectivity index (χ1v) is 6.09. The number of rotatable bonds is 3. The third kappa shape index (κ3) is 2.51. The number of benzene rings is 1. The molecule has 0 bridgehead atoms. The Morgan fingerprint density at radius 1 is 1.26 bits per heavy atom. The Bertz CT molecular complexity index is 692. The van der Waals surface area contributed by atoms with Gasteiger partial charge in [0.1, 0.15) is 5.82 Å². The van der Waals surface area contributed by atoms with Crippen molar-refractivity contribution in [3.8, 4) is 0 Å². The van der Waals surface area contributed by atoms with Crippen molar-refractivity contribution in [3.05, 3.63) is 59.0 Å². The molecule has 4 nitrogen and oxygen atoms in total. The molecular weight excluding hydrogens is 267 g/mol. The highest BCUT2D eigenvalue weighted by atomic mass is 35.5. The predicted octanol–water partition coefficient (Wildman–Crippen LogP) is 3.13. The molecule has 1 aromatic carbocycles. The second-order valence-electron chi connectivity index (χ2n) is 4.04. The maximum absolute atomic E-state index is 13.0. The van der Waals surface area contributed by atoms with Gasteiger partial charge >= 0.3 is 0 Å². The number of halogens is 2. The van der Waals surface area contributed by atoms with Gasteiger partial charge in [-0.05, 0) is 29.8 Å². The van der Waals surface area contributed by atoms with E-state index in [1.807, 2.05) is 24.4 Å². The Morgan fingerprint density at radius 3 is 2.95 bits per heavy atom. The van der Waals surface area contributed by atoms with Crippen molar-refractivity contribution in [2.24, 2.45) is 0 Å². The van der Waals surface area contributed by atoms with E-state index in [0.717, 1.165) is 11.2 Å². The average Bonchev–Trinajstić information content (AvgIpc) is 2.83. The number of hydrogen-bond acceptors (Lipinski definition) is 3. The lowest BCUT2D eigenvalue weighted by molar-refractivity contribution is 0.627. The van der Waals surface area contributed by atoms with Crippen LogP contribution in [0.1, 0.15) is 5.56 Å². The van der Waals surface area contributed by atoms with Gasteiger partial charge in [-0.1, -0.05) is 23.7 Å². The molecule has 0 aliphatic heterocycles. The monoisotopic (exact) mass is 276 g/mol. The molecule has 2 aromatic heterocycles. The van der Waals surface area contributed by atoms with Crippen LogP contribution >= 0.6 is 11.6 Å². The molecule has 0 radical (unpaired) electrons. The molecule has 6 heteroatoms. The molecule has 0 aliphatic carbocycles. The SMILES string of the molecule is Fc1ccc(CNc2nc3ccccn3n2)cc1Cl. The van der Waals surface area contributed by atoms with Crippen molar-refractivity contribution in [3.63, 3.8) is 0 Å². The van der Waals surface area contributed by atoms with E-state index < -0.39 is 5.82 Å². The van der Waals surface area contributed by atoms with Gasteiger partial charge in [-0.2, -0.15) is 4.98 Å². The van der Waals surface area contributed by atoms with Crippen molar-refractivity contribution >= 4 is 23.2 Å². The number of fused-ring (bicyclic) bond motifs is 1. The highest BCUT2D eigenvalue weighted by Gasteiger charge is 2.04. The Hall–Kier alpha value is -2.14. The van der Waals surface area contributed by atoms with Crippen LogP contribution < -0.4 is 5.32 Å². The van der Waals surface area contributed by atoms with Crippen molar-refractivity contribution in [1.29, 1.82) is 0 Å². The van der Waals surface area contributed by atoms with Gasteiger partial charge in [0, 0.05) is 12.7 Å². The zero-order valence-electron chi connectivity index (χ0n) is 9.85. The van der Waals surface area contributed by atoms with E-state index in [-0.39, 0.29) is 5.02 Å². The number of hydrogen-bond donors (Lipinski definition) is 1. The number of aromatic nitrogens is 3. The number of nitrogens with zero attached hydrogens (tertiary/aromatic N) is 3. The molecule has 3 aromatic rings. The summed E-state index contributed by atoms with van der Waals surface area (Å²) in [5, 5.41) is 7.44. The summed E-state index contributed by atoms with van der Waals surface area (Å²) >= 11 is 5.72. The Kier molecular flexibility index (Phi) is 3.05. The van der Waals surface area contributed by atoms with Crippen LogP contribution in [-0.2, 0) is 6.54 Å². The number of pyridine rings is 1. The van der Waals surface area contributed by atoms with E-state index in [4.69, 9.17) is 11.6 Å². The standard InChI is InChI=1S/C13H10ClFN4/c14-10-7-9(4-5-11(10)15)8-16-13-17-12-3-1-2-6-19(12)18-13/h1-7H,8H2,(H,16,18). The van der Waals surface area contributed by atoms with Crippen LogP contribution in [0.15, 0.2) is 42.6 Å². The summed E-state index contributed by atoms with van der Waals surface area (Å²) in [5.74, 6) is 0.0999. The lowest BCUT2D eigenvalue weighted by Crippen LogP contribution is -2.01. The molecule has 0 unspecified atom stereocenters. The first-order valence-electron chi connectivity index (χ1n) is 5.71. The van der Waals surface area contributed by atoms with E-state index in [1.54, 1.807) is 16.6 Å². The second kappa shape index (κ2) is 4.85. The Labute approximate surface area is 113 Å². The molecule has 0 atom stereocenters. The van der Waals surface area contributed by atoms with E-state index >= 15 is 0 Å². The highest BCUT2D eigenvalue weighted by molar-refractivity contribution is 6.30. The van der Waals surface area contributed by atoms with Gasteiger partial charge in [0.05, 0.1) is 5.02 Å². The predicted molar refractivity (Wildman–Crippen MR) is 71.7 cm³/mol. The number of anilines is 1. The van der Waals surface area contributed by atoms with E-state index in [1.165, 1.54) is 6.07 Å². The molecule has 0 saturated heterocycles. The van der Waals surface area contributed by atoms with Crippen molar-refractivity contribution < 1.29 is 4.39 Å². The first kappa shape index (κ1) is 11.9. The summed E-state index contributed by atoms with van der Waals surface area (Å²) < 4.78 is 14.7. The second-order valence-corrected chi connectivity index (χ2v) is 4.45. The van der Waals surface area contributed by atoms with Gasteiger partial charge in [0.2, 0.25) is 5.95 Å². The van der Waals surface area contributed by atoms with Crippen LogP contribution in [0.3, 0.4) is 0 Å². The van der Waals surface area contributed by atoms with Gasteiger partial charge in [-0.25, -0.2) is 8.91 Å². The van der Waals surface area contributed by atoms with Gasteiger partial charge in [-0.15, -0.1) is 5.10 Å². The summed E-state index contributed by atoms with van der Waals surface area (Å²) in [6, 6.07) is 10.2. The normalized spacial score (nSPS) is 10.8. The van der Waals surface area contributed by atoms with Crippen molar-refractivity contribution in [2.45, 2.75) is 6.54 Å². The Morgan fingerprint density at radius 2 is 2.16 bits per heavy atom. The highest BCUT2D eigenvalue weighted by Crippen LogP contribution is 2.16. The van der Waals surface area contributed by atoms with Crippen molar-refractivity contribution in [1.82, 2.24) is 14.6 Å². The third-order valence-corrected chi connectivity index (χ3v) is 2.97. The van der Waals surface area contributed by atoms with Gasteiger partial charge in [0.25, 0.3) is 0 Å². The smallest absolute Gasteiger partial charge is 0.243 e. The summed E-state index contributed by atoms with van der Waals surface area (Å²) in [6.45, 7) is 0.483. The summed E-state index contributed by atoms with van der Waals surface area (Å²) in [5.41, 5.74) is 1.63. The molecule has 0 saturated carbocycles. The zero-order valence-corrected chi connectivity index (χ0v) is 10.6. The average molecular weight is 277 g/mol. The quantitative estimate of drug-likeness (QED) is 0.799. The minimum absolute atomic E-state index is 0.113. The molecule has 0 spiro atoms. The lowest BCUT2D eigenvalue weighted by Gasteiger charge is -2.03. The number of nitrogens with one attached hydrogen (secondary N) is 1. The maximum Gasteiger partial charge on any atom is 0.243 e. The molecule has 2 heterocycles. The van der Waals surface area contributed by atoms with Gasteiger partial charge < -0.3 is 5.32 Å². The van der Waals surface area contributed by atoms with Gasteiger partial charge in [0.15, 0.2) is 5.65 Å². The van der Waals surface area contributed by atoms with Gasteiger partial charge in [-0.3, -0.25) is 0 Å². The van der Waals surface area contributed by atoms with Crippen LogP contribution in [0, 0.1) is 5.82 Å². The molecule has 0 amide bonds. The van der Waals surface area contributed by atoms with Crippen LogP contribution in [0.25, 0.3) is 5.65 Å². The molecule has 19 heavy (non-hydrogen) atoms. The van der Waals surface area contributed by atoms with E-state index in [9.17, 15) is 4.39 Å². The van der Waals surface area contributed by atoms with E-state index in [0.29, 0.717) is 12.5 Å². The fraction of sp³-hybridized carbons (Fsp3) is 0.0769. The molecule has 1 N–H and O–H groups in total. The zero-order chi connectivity index (χ0) is 13.2. The fourth-order valence-electron chi connectivity index (χ4n) is 1.74. The minimum atomic E-state index is -0.420. The summed E-state index contributed by atoms with van der Waals surface area (Å²) in [6.07, 6.45) is 1.82. The molecular formula is C13H10ClFN4. The largest absolute Gasteiger partial charge is 0.349 e. The summed E-state index contributed by atoms with van der Waals surface area (Å²) in [7, 11) is 0. The molecule has 0 aliphatic rings. The van der Waals surface area contributed by atoms with Crippen LogP contribution in [0.5, 0.6) is 0 Å². The molecule has 0 fully saturated rings. The van der Waals surface area contributed by atoms with Crippen LogP contribution in [0.2, 0.25) is 5.02 Å².